The van der Waals surface area contributed by atoms with E-state index in [4.69, 9.17) is 16.0 Å². The van der Waals surface area contributed by atoms with Crippen molar-refractivity contribution in [2.75, 3.05) is 11.1 Å². The van der Waals surface area contributed by atoms with E-state index >= 15 is 0 Å². The molecule has 0 atom stereocenters. The van der Waals surface area contributed by atoms with Gasteiger partial charge in [-0.05, 0) is 52.7 Å². The van der Waals surface area contributed by atoms with Crippen LogP contribution in [0.2, 0.25) is 5.02 Å². The van der Waals surface area contributed by atoms with Crippen LogP contribution in [0.25, 0.3) is 11.6 Å². The maximum absolute atomic E-state index is 12.2. The van der Waals surface area contributed by atoms with Gasteiger partial charge in [0.25, 0.3) is 0 Å². The van der Waals surface area contributed by atoms with E-state index in [1.165, 1.54) is 11.8 Å². The zero-order chi connectivity index (χ0) is 18.5. The van der Waals surface area contributed by atoms with Crippen molar-refractivity contribution in [2.45, 2.75) is 25.0 Å². The summed E-state index contributed by atoms with van der Waals surface area (Å²) in [7, 11) is 0. The van der Waals surface area contributed by atoms with Crippen molar-refractivity contribution in [1.82, 2.24) is 14.8 Å². The zero-order valence-corrected chi connectivity index (χ0v) is 17.1. The van der Waals surface area contributed by atoms with Crippen molar-refractivity contribution >= 4 is 50.9 Å². The number of hydrogen-bond acceptors (Lipinski definition) is 5. The maximum Gasteiger partial charge on any atom is 0.234 e. The molecule has 0 spiro atoms. The Kier molecular flexibility index (Phi) is 6.39. The number of carbonyl (C=O) groups is 1. The second-order valence-electron chi connectivity index (χ2n) is 5.41. The largest absolute Gasteiger partial charge is 0.446 e. The topological polar surface area (TPSA) is 73.0 Å². The molecule has 2 heterocycles. The molecule has 0 bridgehead atoms. The number of nitrogens with one attached hydrogen (secondary N) is 1. The molecular formula is C17H16BrClN4O2S. The van der Waals surface area contributed by atoms with E-state index in [2.05, 4.69) is 38.4 Å². The number of aromatic nitrogens is 3. The molecule has 1 amide bonds. The molecule has 1 N–H and O–H groups in total. The van der Waals surface area contributed by atoms with Gasteiger partial charge in [-0.25, -0.2) is 0 Å². The number of amides is 1. The fourth-order valence-electron chi connectivity index (χ4n) is 2.33. The van der Waals surface area contributed by atoms with Crippen LogP contribution in [0.1, 0.15) is 13.3 Å². The van der Waals surface area contributed by atoms with Gasteiger partial charge in [0, 0.05) is 17.3 Å². The van der Waals surface area contributed by atoms with Crippen LogP contribution >= 0.6 is 39.3 Å². The molecule has 0 radical (unpaired) electrons. The molecule has 0 unspecified atom stereocenters. The van der Waals surface area contributed by atoms with E-state index in [0.717, 1.165) is 13.0 Å². The van der Waals surface area contributed by atoms with E-state index in [9.17, 15) is 4.79 Å². The second kappa shape index (κ2) is 8.75. The average Bonchev–Trinajstić information content (AvgIpc) is 3.19. The summed E-state index contributed by atoms with van der Waals surface area (Å²) in [6, 6.07) is 10.7. The molecule has 0 saturated carbocycles. The molecule has 1 aromatic carbocycles. The highest BCUT2D eigenvalue weighted by atomic mass is 79.9. The molecule has 136 valence electrons. The van der Waals surface area contributed by atoms with Gasteiger partial charge in [0.05, 0.1) is 5.75 Å². The molecule has 0 fully saturated rings. The number of halogens is 2. The highest BCUT2D eigenvalue weighted by Crippen LogP contribution is 2.27. The Hall–Kier alpha value is -1.77. The fourth-order valence-corrected chi connectivity index (χ4v) is 3.59. The van der Waals surface area contributed by atoms with Gasteiger partial charge >= 0.3 is 0 Å². The van der Waals surface area contributed by atoms with E-state index in [1.54, 1.807) is 24.3 Å². The summed E-state index contributed by atoms with van der Waals surface area (Å²) in [5, 5.41) is 12.5. The van der Waals surface area contributed by atoms with Crippen LogP contribution in [0.4, 0.5) is 5.69 Å². The van der Waals surface area contributed by atoms with Crippen LogP contribution in [0.15, 0.2) is 50.6 Å². The Morgan fingerprint density at radius 1 is 1.35 bits per heavy atom. The lowest BCUT2D eigenvalue weighted by atomic mass is 10.3. The third kappa shape index (κ3) is 4.69. The number of thioether (sulfide) groups is 1. The van der Waals surface area contributed by atoms with Crippen LogP contribution in [0.5, 0.6) is 0 Å². The first-order chi connectivity index (χ1) is 12.6. The summed E-state index contributed by atoms with van der Waals surface area (Å²) in [4.78, 5) is 12.2. The van der Waals surface area contributed by atoms with Crippen LogP contribution in [0.3, 0.4) is 0 Å². The highest BCUT2D eigenvalue weighted by Gasteiger charge is 2.17. The summed E-state index contributed by atoms with van der Waals surface area (Å²) in [6.45, 7) is 2.81. The van der Waals surface area contributed by atoms with Crippen molar-refractivity contribution in [3.63, 3.8) is 0 Å². The van der Waals surface area contributed by atoms with Crippen molar-refractivity contribution < 1.29 is 9.21 Å². The third-order valence-electron chi connectivity index (χ3n) is 3.40. The van der Waals surface area contributed by atoms with Crippen LogP contribution in [-0.4, -0.2) is 26.4 Å². The first-order valence-corrected chi connectivity index (χ1v) is 10.1. The van der Waals surface area contributed by atoms with E-state index in [-0.39, 0.29) is 11.7 Å². The quantitative estimate of drug-likeness (QED) is 0.502. The number of hydrogen-bond donors (Lipinski definition) is 1. The average molecular weight is 456 g/mol. The van der Waals surface area contributed by atoms with Crippen molar-refractivity contribution in [2.24, 2.45) is 0 Å². The van der Waals surface area contributed by atoms with Gasteiger partial charge in [0.2, 0.25) is 11.7 Å². The number of carbonyl (C=O) groups excluding carboxylic acids is 1. The highest BCUT2D eigenvalue weighted by molar-refractivity contribution is 9.10. The number of anilines is 1. The van der Waals surface area contributed by atoms with E-state index in [1.807, 2.05) is 16.7 Å². The molecule has 3 rings (SSSR count). The Balaban J connectivity index is 1.69. The first-order valence-electron chi connectivity index (χ1n) is 7.94. The molecule has 6 nitrogen and oxygen atoms in total. The van der Waals surface area contributed by atoms with Gasteiger partial charge in [-0.1, -0.05) is 36.4 Å². The van der Waals surface area contributed by atoms with E-state index in [0.29, 0.717) is 32.1 Å². The van der Waals surface area contributed by atoms with Gasteiger partial charge < -0.3 is 9.73 Å². The Morgan fingerprint density at radius 2 is 2.19 bits per heavy atom. The van der Waals surface area contributed by atoms with Gasteiger partial charge in [-0.2, -0.15) is 0 Å². The van der Waals surface area contributed by atoms with Crippen molar-refractivity contribution in [3.8, 4) is 11.6 Å². The first kappa shape index (κ1) is 19.0. The predicted octanol–water partition coefficient (Wildman–Crippen LogP) is 5.09. The predicted molar refractivity (Wildman–Crippen MR) is 107 cm³/mol. The minimum atomic E-state index is -0.134. The standard InChI is InChI=1S/C17H16BrClN4O2S/c1-2-8-23-16(13-6-7-14(18)25-13)21-22-17(23)26-10-15(24)20-12-5-3-4-11(19)9-12/h3-7,9H,2,8,10H2,1H3,(H,20,24). The monoisotopic (exact) mass is 454 g/mol. The molecule has 9 heteroatoms. The minimum absolute atomic E-state index is 0.134. The maximum atomic E-state index is 12.2. The molecule has 3 aromatic rings. The normalized spacial score (nSPS) is 10.9. The van der Waals surface area contributed by atoms with Crippen LogP contribution < -0.4 is 5.32 Å². The SMILES string of the molecule is CCCn1c(SCC(=O)Nc2cccc(Cl)c2)nnc1-c1ccc(Br)o1. The molecule has 0 aliphatic carbocycles. The summed E-state index contributed by atoms with van der Waals surface area (Å²) in [5.41, 5.74) is 0.666. The van der Waals surface area contributed by atoms with E-state index < -0.39 is 0 Å². The molecule has 2 aromatic heterocycles. The number of benzene rings is 1. The summed E-state index contributed by atoms with van der Waals surface area (Å²) in [6.07, 6.45) is 0.912. The molecule has 26 heavy (non-hydrogen) atoms. The van der Waals surface area contributed by atoms with Crippen LogP contribution in [-0.2, 0) is 11.3 Å². The smallest absolute Gasteiger partial charge is 0.234 e. The minimum Gasteiger partial charge on any atom is -0.446 e. The summed E-state index contributed by atoms with van der Waals surface area (Å²) in [5.74, 6) is 1.37. The lowest BCUT2D eigenvalue weighted by molar-refractivity contribution is -0.113. The summed E-state index contributed by atoms with van der Waals surface area (Å²) < 4.78 is 8.17. The number of rotatable bonds is 7. The molecule has 0 aliphatic rings. The number of furan rings is 1. The zero-order valence-electron chi connectivity index (χ0n) is 13.9. The van der Waals surface area contributed by atoms with Gasteiger partial charge in [0.1, 0.15) is 0 Å². The Morgan fingerprint density at radius 3 is 2.88 bits per heavy atom. The van der Waals surface area contributed by atoms with Gasteiger partial charge in [-0.3, -0.25) is 9.36 Å². The number of nitrogens with zero attached hydrogens (tertiary/aromatic N) is 3. The van der Waals surface area contributed by atoms with Gasteiger partial charge in [0.15, 0.2) is 15.6 Å². The van der Waals surface area contributed by atoms with Crippen molar-refractivity contribution in [3.05, 3.63) is 46.1 Å². The lowest BCUT2D eigenvalue weighted by Crippen LogP contribution is -2.14. The fraction of sp³-hybridized carbons (Fsp3) is 0.235. The van der Waals surface area contributed by atoms with Crippen molar-refractivity contribution in [1.29, 1.82) is 0 Å². The lowest BCUT2D eigenvalue weighted by Gasteiger charge is -2.08. The van der Waals surface area contributed by atoms with Gasteiger partial charge in [-0.15, -0.1) is 10.2 Å². The molecule has 0 saturated heterocycles. The summed E-state index contributed by atoms with van der Waals surface area (Å²) >= 11 is 10.6. The molecular weight excluding hydrogens is 440 g/mol. The third-order valence-corrected chi connectivity index (χ3v) is 5.03. The Labute approximate surface area is 168 Å². The second-order valence-corrected chi connectivity index (χ2v) is 7.57. The van der Waals surface area contributed by atoms with Crippen LogP contribution in [0, 0.1) is 0 Å². The Bertz CT molecular complexity index is 912. The molecule has 0 aliphatic heterocycles.